The number of fused-ring (bicyclic) bond motifs is 3. The molecule has 3 fully saturated rings. The zero-order chi connectivity index (χ0) is 14.1. The molecule has 7 atom stereocenters. The minimum atomic E-state index is 1.03. The van der Waals surface area contributed by atoms with Crippen molar-refractivity contribution in [1.29, 1.82) is 0 Å². The maximum atomic E-state index is 2.51. The van der Waals surface area contributed by atoms with Crippen molar-refractivity contribution in [3.63, 3.8) is 0 Å². The van der Waals surface area contributed by atoms with Gasteiger partial charge in [0.15, 0.2) is 0 Å². The van der Waals surface area contributed by atoms with E-state index in [0.29, 0.717) is 0 Å². The molecule has 0 spiro atoms. The third-order valence-corrected chi connectivity index (χ3v) is 7.26. The normalized spacial score (nSPS) is 47.9. The van der Waals surface area contributed by atoms with E-state index in [-0.39, 0.29) is 0 Å². The molecule has 0 saturated heterocycles. The van der Waals surface area contributed by atoms with E-state index in [1.54, 1.807) is 38.5 Å². The van der Waals surface area contributed by atoms with Gasteiger partial charge in [0.1, 0.15) is 0 Å². The van der Waals surface area contributed by atoms with Gasteiger partial charge in [0.2, 0.25) is 0 Å². The van der Waals surface area contributed by atoms with Crippen molar-refractivity contribution < 1.29 is 0 Å². The van der Waals surface area contributed by atoms with Crippen molar-refractivity contribution in [3.8, 4) is 0 Å². The molecule has 0 aromatic carbocycles. The standard InChI is InChI=1S/C20H36/c1-4-6-15-8-10-19-18(17(15)7-5-2)11-9-16-12-14(3)13-20(16)19/h14-20H,4-13H2,1-3H3. The van der Waals surface area contributed by atoms with Crippen LogP contribution in [-0.2, 0) is 0 Å². The Morgan fingerprint density at radius 1 is 0.750 bits per heavy atom. The summed E-state index contributed by atoms with van der Waals surface area (Å²) in [5.41, 5.74) is 0. The van der Waals surface area contributed by atoms with Gasteiger partial charge >= 0.3 is 0 Å². The highest BCUT2D eigenvalue weighted by Gasteiger charge is 2.48. The van der Waals surface area contributed by atoms with Crippen molar-refractivity contribution in [2.24, 2.45) is 41.4 Å². The summed E-state index contributed by atoms with van der Waals surface area (Å²) in [5, 5.41) is 0. The van der Waals surface area contributed by atoms with Gasteiger partial charge in [0, 0.05) is 0 Å². The maximum Gasteiger partial charge on any atom is -0.0352 e. The molecule has 0 aliphatic heterocycles. The second-order valence-electron chi connectivity index (χ2n) is 8.48. The Morgan fingerprint density at radius 3 is 2.25 bits per heavy atom. The Bertz CT molecular complexity index is 305. The SMILES string of the molecule is CCCC1CCC2C3CC(C)CC3CCC2C1CCC. The van der Waals surface area contributed by atoms with Gasteiger partial charge in [-0.15, -0.1) is 0 Å². The van der Waals surface area contributed by atoms with Crippen LogP contribution in [0.25, 0.3) is 0 Å². The molecule has 0 aromatic rings. The van der Waals surface area contributed by atoms with Gasteiger partial charge in [0.25, 0.3) is 0 Å². The lowest BCUT2D eigenvalue weighted by Gasteiger charge is -2.50. The van der Waals surface area contributed by atoms with Crippen LogP contribution in [0.15, 0.2) is 0 Å². The summed E-state index contributed by atoms with van der Waals surface area (Å²) >= 11 is 0. The van der Waals surface area contributed by atoms with E-state index in [9.17, 15) is 0 Å². The van der Waals surface area contributed by atoms with E-state index in [2.05, 4.69) is 20.8 Å². The molecular formula is C20H36. The summed E-state index contributed by atoms with van der Waals surface area (Å²) in [5.74, 6) is 7.70. The Hall–Kier alpha value is 0. The van der Waals surface area contributed by atoms with Crippen LogP contribution in [-0.4, -0.2) is 0 Å². The fourth-order valence-electron chi connectivity index (χ4n) is 6.68. The van der Waals surface area contributed by atoms with Crippen molar-refractivity contribution in [2.45, 2.75) is 85.0 Å². The molecule has 116 valence electrons. The number of hydrogen-bond donors (Lipinski definition) is 0. The third-order valence-electron chi connectivity index (χ3n) is 7.26. The molecule has 0 nitrogen and oxygen atoms in total. The van der Waals surface area contributed by atoms with Crippen LogP contribution < -0.4 is 0 Å². The molecule has 3 saturated carbocycles. The Kier molecular flexibility index (Phi) is 4.78. The maximum absolute atomic E-state index is 2.51. The highest BCUT2D eigenvalue weighted by atomic mass is 14.5. The van der Waals surface area contributed by atoms with E-state index in [1.807, 2.05) is 0 Å². The highest BCUT2D eigenvalue weighted by molar-refractivity contribution is 4.98. The van der Waals surface area contributed by atoms with Gasteiger partial charge in [-0.05, 0) is 80.0 Å². The van der Waals surface area contributed by atoms with Crippen molar-refractivity contribution in [1.82, 2.24) is 0 Å². The van der Waals surface area contributed by atoms with E-state index in [1.165, 1.54) is 25.7 Å². The molecule has 3 aliphatic carbocycles. The first-order valence-electron chi connectivity index (χ1n) is 9.74. The van der Waals surface area contributed by atoms with E-state index < -0.39 is 0 Å². The summed E-state index contributed by atoms with van der Waals surface area (Å²) in [6.07, 6.45) is 15.3. The summed E-state index contributed by atoms with van der Waals surface area (Å²) in [4.78, 5) is 0. The zero-order valence-corrected chi connectivity index (χ0v) is 14.1. The molecule has 0 aromatic heterocycles. The lowest BCUT2D eigenvalue weighted by atomic mass is 9.55. The van der Waals surface area contributed by atoms with Gasteiger partial charge in [-0.25, -0.2) is 0 Å². The van der Waals surface area contributed by atoms with Crippen LogP contribution in [0.4, 0.5) is 0 Å². The fourth-order valence-corrected chi connectivity index (χ4v) is 6.68. The van der Waals surface area contributed by atoms with Crippen molar-refractivity contribution in [2.75, 3.05) is 0 Å². The monoisotopic (exact) mass is 276 g/mol. The van der Waals surface area contributed by atoms with Crippen LogP contribution in [0.3, 0.4) is 0 Å². The molecule has 0 radical (unpaired) electrons. The minimum Gasteiger partial charge on any atom is -0.0654 e. The predicted octanol–water partition coefficient (Wildman–Crippen LogP) is 6.30. The quantitative estimate of drug-likeness (QED) is 0.565. The first kappa shape index (κ1) is 14.9. The molecular weight excluding hydrogens is 240 g/mol. The summed E-state index contributed by atoms with van der Waals surface area (Å²) in [6, 6.07) is 0. The molecule has 0 amide bonds. The Balaban J connectivity index is 1.74. The molecule has 0 heteroatoms. The van der Waals surface area contributed by atoms with Crippen LogP contribution in [0.5, 0.6) is 0 Å². The first-order chi connectivity index (χ1) is 9.74. The van der Waals surface area contributed by atoms with Crippen LogP contribution in [0, 0.1) is 41.4 Å². The van der Waals surface area contributed by atoms with Crippen molar-refractivity contribution in [3.05, 3.63) is 0 Å². The molecule has 0 N–H and O–H groups in total. The van der Waals surface area contributed by atoms with Crippen molar-refractivity contribution >= 4 is 0 Å². The van der Waals surface area contributed by atoms with E-state index in [0.717, 1.165) is 41.4 Å². The highest BCUT2D eigenvalue weighted by Crippen LogP contribution is 2.57. The summed E-state index contributed by atoms with van der Waals surface area (Å²) < 4.78 is 0. The molecule has 3 aliphatic rings. The number of rotatable bonds is 4. The van der Waals surface area contributed by atoms with Gasteiger partial charge in [-0.1, -0.05) is 46.5 Å². The molecule has 20 heavy (non-hydrogen) atoms. The average Bonchev–Trinajstić information content (AvgIpc) is 2.82. The first-order valence-corrected chi connectivity index (χ1v) is 9.74. The second-order valence-corrected chi connectivity index (χ2v) is 8.48. The summed E-state index contributed by atoms with van der Waals surface area (Å²) in [6.45, 7) is 7.32. The lowest BCUT2D eigenvalue weighted by Crippen LogP contribution is -2.42. The fraction of sp³-hybridized carbons (Fsp3) is 1.00. The van der Waals surface area contributed by atoms with Crippen LogP contribution >= 0.6 is 0 Å². The van der Waals surface area contributed by atoms with Gasteiger partial charge in [-0.2, -0.15) is 0 Å². The van der Waals surface area contributed by atoms with Gasteiger partial charge in [0.05, 0.1) is 0 Å². The van der Waals surface area contributed by atoms with E-state index in [4.69, 9.17) is 0 Å². The van der Waals surface area contributed by atoms with Gasteiger partial charge in [-0.3, -0.25) is 0 Å². The summed E-state index contributed by atoms with van der Waals surface area (Å²) in [7, 11) is 0. The molecule has 7 unspecified atom stereocenters. The largest absolute Gasteiger partial charge is 0.0654 e. The molecule has 0 bridgehead atoms. The Labute approximate surface area is 127 Å². The smallest absolute Gasteiger partial charge is 0.0352 e. The third kappa shape index (κ3) is 2.69. The zero-order valence-electron chi connectivity index (χ0n) is 14.1. The topological polar surface area (TPSA) is 0 Å². The lowest BCUT2D eigenvalue weighted by molar-refractivity contribution is -0.00776. The van der Waals surface area contributed by atoms with E-state index >= 15 is 0 Å². The molecule has 0 heterocycles. The number of hydrogen-bond acceptors (Lipinski definition) is 0. The predicted molar refractivity (Wildman–Crippen MR) is 87.6 cm³/mol. The average molecular weight is 277 g/mol. The second kappa shape index (κ2) is 6.41. The minimum absolute atomic E-state index is 1.03. The van der Waals surface area contributed by atoms with Gasteiger partial charge < -0.3 is 0 Å². The van der Waals surface area contributed by atoms with Crippen LogP contribution in [0.1, 0.15) is 85.0 Å². The van der Waals surface area contributed by atoms with Crippen LogP contribution in [0.2, 0.25) is 0 Å². The Morgan fingerprint density at radius 2 is 1.50 bits per heavy atom. The molecule has 3 rings (SSSR count).